The van der Waals surface area contributed by atoms with Crippen LogP contribution in [0.5, 0.6) is 0 Å². The van der Waals surface area contributed by atoms with Crippen molar-refractivity contribution in [1.82, 2.24) is 0 Å². The predicted octanol–water partition coefficient (Wildman–Crippen LogP) is 1.07. The predicted molar refractivity (Wildman–Crippen MR) is 44.4 cm³/mol. The summed E-state index contributed by atoms with van der Waals surface area (Å²) in [6, 6.07) is 0. The standard InChI is InChI=1S/C7H16OSi/c1-5-9-6-8-7(2,3)4/h5H,1,6,9H2,2-4H3. The van der Waals surface area contributed by atoms with Crippen LogP contribution in [0.4, 0.5) is 0 Å². The van der Waals surface area contributed by atoms with Crippen molar-refractivity contribution in [1.29, 1.82) is 0 Å². The second-order valence-electron chi connectivity index (χ2n) is 3.04. The quantitative estimate of drug-likeness (QED) is 0.425. The van der Waals surface area contributed by atoms with Gasteiger partial charge in [0.1, 0.15) is 0 Å². The van der Waals surface area contributed by atoms with Gasteiger partial charge in [-0.3, -0.25) is 0 Å². The van der Waals surface area contributed by atoms with Crippen LogP contribution in [0.25, 0.3) is 0 Å². The van der Waals surface area contributed by atoms with E-state index in [-0.39, 0.29) is 15.1 Å². The van der Waals surface area contributed by atoms with Crippen LogP contribution < -0.4 is 0 Å². The third-order valence-corrected chi connectivity index (χ3v) is 1.71. The highest BCUT2D eigenvalue weighted by atomic mass is 28.2. The van der Waals surface area contributed by atoms with E-state index in [4.69, 9.17) is 4.74 Å². The molecule has 0 atom stereocenters. The third-order valence-electron chi connectivity index (χ3n) is 0.857. The Bertz CT molecular complexity index is 83.4. The molecule has 0 rings (SSSR count). The third kappa shape index (κ3) is 7.92. The molecule has 0 saturated carbocycles. The normalized spacial score (nSPS) is 12.8. The molecule has 0 aromatic heterocycles. The Morgan fingerprint density at radius 2 is 2.11 bits per heavy atom. The molecule has 2 heteroatoms. The first-order valence-corrected chi connectivity index (χ1v) is 5.13. The molecule has 0 aromatic rings. The van der Waals surface area contributed by atoms with Gasteiger partial charge in [0.05, 0.1) is 15.1 Å². The molecule has 0 saturated heterocycles. The van der Waals surface area contributed by atoms with E-state index in [1.54, 1.807) is 0 Å². The first kappa shape index (κ1) is 8.92. The first-order chi connectivity index (χ1) is 4.06. The van der Waals surface area contributed by atoms with Crippen molar-refractivity contribution in [2.75, 3.05) is 6.23 Å². The van der Waals surface area contributed by atoms with Crippen molar-refractivity contribution < 1.29 is 4.74 Å². The van der Waals surface area contributed by atoms with Gasteiger partial charge < -0.3 is 4.74 Å². The van der Waals surface area contributed by atoms with Crippen LogP contribution in [-0.4, -0.2) is 21.4 Å². The van der Waals surface area contributed by atoms with Crippen molar-refractivity contribution in [3.05, 3.63) is 12.3 Å². The summed E-state index contributed by atoms with van der Waals surface area (Å²) >= 11 is 0. The molecule has 0 aliphatic heterocycles. The number of hydrogen-bond donors (Lipinski definition) is 0. The lowest BCUT2D eigenvalue weighted by Gasteiger charge is -2.18. The SMILES string of the molecule is C=C[SiH2]COC(C)(C)C. The van der Waals surface area contributed by atoms with Crippen LogP contribution in [0.15, 0.2) is 12.3 Å². The van der Waals surface area contributed by atoms with Gasteiger partial charge in [-0.15, -0.1) is 12.3 Å². The maximum atomic E-state index is 5.46. The molecule has 0 unspecified atom stereocenters. The number of hydrogen-bond acceptors (Lipinski definition) is 1. The summed E-state index contributed by atoms with van der Waals surface area (Å²) in [4.78, 5) is 0. The fraction of sp³-hybridized carbons (Fsp3) is 0.714. The largest absolute Gasteiger partial charge is 0.379 e. The summed E-state index contributed by atoms with van der Waals surface area (Å²) in [6.45, 7) is 9.88. The molecule has 0 aliphatic rings. The summed E-state index contributed by atoms with van der Waals surface area (Å²) in [6.07, 6.45) is 0.924. The van der Waals surface area contributed by atoms with Gasteiger partial charge in [0, 0.05) is 6.23 Å². The maximum Gasteiger partial charge on any atom is 0.0749 e. The summed E-state index contributed by atoms with van der Waals surface area (Å²) in [5.74, 6) is 0. The van der Waals surface area contributed by atoms with Gasteiger partial charge in [0.15, 0.2) is 0 Å². The van der Waals surface area contributed by atoms with Gasteiger partial charge in [-0.25, -0.2) is 0 Å². The van der Waals surface area contributed by atoms with E-state index in [2.05, 4.69) is 27.4 Å². The average Bonchev–Trinajstić information content (AvgIpc) is 1.63. The van der Waals surface area contributed by atoms with Gasteiger partial charge in [0.2, 0.25) is 0 Å². The van der Waals surface area contributed by atoms with Gasteiger partial charge in [-0.1, -0.05) is 0 Å². The molecule has 0 aliphatic carbocycles. The van der Waals surface area contributed by atoms with Crippen LogP contribution >= 0.6 is 0 Å². The summed E-state index contributed by atoms with van der Waals surface area (Å²) in [5, 5.41) is 0. The summed E-state index contributed by atoms with van der Waals surface area (Å²) in [5.41, 5.74) is 2.04. The zero-order valence-electron chi connectivity index (χ0n) is 6.61. The van der Waals surface area contributed by atoms with Gasteiger partial charge >= 0.3 is 0 Å². The van der Waals surface area contributed by atoms with Crippen LogP contribution in [0.2, 0.25) is 0 Å². The Balaban J connectivity index is 3.17. The minimum absolute atomic E-state index is 0.0377. The molecule has 0 N–H and O–H groups in total. The Morgan fingerprint density at radius 3 is 2.44 bits per heavy atom. The fourth-order valence-corrected chi connectivity index (χ4v) is 1.35. The highest BCUT2D eigenvalue weighted by molar-refractivity contribution is 6.41. The molecule has 0 radical (unpaired) electrons. The molecule has 54 valence electrons. The molecule has 0 heterocycles. The molecule has 0 bridgehead atoms. The zero-order valence-corrected chi connectivity index (χ0v) is 8.02. The smallest absolute Gasteiger partial charge is 0.0749 e. The van der Waals surface area contributed by atoms with Crippen LogP contribution in [0, 0.1) is 0 Å². The first-order valence-electron chi connectivity index (χ1n) is 3.31. The molecular weight excluding hydrogens is 128 g/mol. The molecule has 9 heavy (non-hydrogen) atoms. The summed E-state index contributed by atoms with van der Waals surface area (Å²) in [7, 11) is -0.116. The maximum absolute atomic E-state index is 5.46. The Hall–Kier alpha value is -0.0831. The molecule has 0 spiro atoms. The van der Waals surface area contributed by atoms with Crippen molar-refractivity contribution >= 4 is 9.52 Å². The summed E-state index contributed by atoms with van der Waals surface area (Å²) < 4.78 is 5.46. The van der Waals surface area contributed by atoms with Crippen LogP contribution in [0.3, 0.4) is 0 Å². The fourth-order valence-electron chi connectivity index (χ4n) is 0.448. The highest BCUT2D eigenvalue weighted by Crippen LogP contribution is 2.04. The number of rotatable bonds is 3. The van der Waals surface area contributed by atoms with E-state index in [1.165, 1.54) is 0 Å². The van der Waals surface area contributed by atoms with Crippen LogP contribution in [0.1, 0.15) is 20.8 Å². The van der Waals surface area contributed by atoms with Crippen molar-refractivity contribution in [2.24, 2.45) is 0 Å². The lowest BCUT2D eigenvalue weighted by atomic mass is 10.2. The Kier molecular flexibility index (Phi) is 3.82. The van der Waals surface area contributed by atoms with Gasteiger partial charge in [-0.05, 0) is 20.8 Å². The minimum Gasteiger partial charge on any atom is -0.379 e. The zero-order chi connectivity index (χ0) is 7.33. The van der Waals surface area contributed by atoms with Crippen LogP contribution in [-0.2, 0) is 4.74 Å². The van der Waals surface area contributed by atoms with E-state index >= 15 is 0 Å². The molecule has 0 amide bonds. The van der Waals surface area contributed by atoms with Crippen molar-refractivity contribution in [3.63, 3.8) is 0 Å². The molecule has 0 aromatic carbocycles. The van der Waals surface area contributed by atoms with E-state index in [0.29, 0.717) is 0 Å². The van der Waals surface area contributed by atoms with E-state index < -0.39 is 0 Å². The van der Waals surface area contributed by atoms with Gasteiger partial charge in [-0.2, -0.15) is 0 Å². The Labute approximate surface area is 59.9 Å². The van der Waals surface area contributed by atoms with Gasteiger partial charge in [0.25, 0.3) is 0 Å². The number of ether oxygens (including phenoxy) is 1. The monoisotopic (exact) mass is 144 g/mol. The second kappa shape index (κ2) is 3.85. The van der Waals surface area contributed by atoms with E-state index in [9.17, 15) is 0 Å². The highest BCUT2D eigenvalue weighted by Gasteiger charge is 2.07. The van der Waals surface area contributed by atoms with E-state index in [1.807, 2.05) is 5.70 Å². The minimum atomic E-state index is -0.116. The molecular formula is C7H16OSi. The molecule has 1 nitrogen and oxygen atoms in total. The van der Waals surface area contributed by atoms with E-state index in [0.717, 1.165) is 6.23 Å². The average molecular weight is 144 g/mol. The topological polar surface area (TPSA) is 9.23 Å². The lowest BCUT2D eigenvalue weighted by molar-refractivity contribution is 0.0251. The Morgan fingerprint density at radius 1 is 1.56 bits per heavy atom. The second-order valence-corrected chi connectivity index (χ2v) is 4.60. The van der Waals surface area contributed by atoms with Crippen molar-refractivity contribution in [3.8, 4) is 0 Å². The lowest BCUT2D eigenvalue weighted by Crippen LogP contribution is -2.21. The van der Waals surface area contributed by atoms with Crippen molar-refractivity contribution in [2.45, 2.75) is 26.4 Å². The molecule has 0 fully saturated rings.